The quantitative estimate of drug-likeness (QED) is 0.651. The van der Waals surface area contributed by atoms with Crippen molar-refractivity contribution >= 4 is 52.4 Å². The fraction of sp³-hybridized carbons (Fsp3) is 0.143. The molecular formula is C14H13Cl2N3OS. The van der Waals surface area contributed by atoms with Gasteiger partial charge in [0, 0.05) is 16.8 Å². The van der Waals surface area contributed by atoms with E-state index < -0.39 is 0 Å². The van der Waals surface area contributed by atoms with Gasteiger partial charge in [0.1, 0.15) is 0 Å². The van der Waals surface area contributed by atoms with Gasteiger partial charge in [0.25, 0.3) is 0 Å². The maximum atomic E-state index is 11.9. The maximum absolute atomic E-state index is 11.9. The Hall–Kier alpha value is -1.43. The van der Waals surface area contributed by atoms with Crippen LogP contribution in [0.2, 0.25) is 10.0 Å². The molecule has 1 aromatic heterocycles. The average molecular weight is 342 g/mol. The number of pyridine rings is 1. The summed E-state index contributed by atoms with van der Waals surface area (Å²) >= 11 is 13.1. The number of hydrogen-bond donors (Lipinski definition) is 2. The number of aromatic nitrogens is 1. The Morgan fingerprint density at radius 3 is 2.90 bits per heavy atom. The zero-order chi connectivity index (χ0) is 15.4. The van der Waals surface area contributed by atoms with Crippen LogP contribution >= 0.6 is 35.0 Å². The zero-order valence-corrected chi connectivity index (χ0v) is 13.5. The van der Waals surface area contributed by atoms with E-state index in [9.17, 15) is 4.79 Å². The van der Waals surface area contributed by atoms with E-state index in [0.29, 0.717) is 21.6 Å². The summed E-state index contributed by atoms with van der Waals surface area (Å²) in [5, 5.41) is 3.37. The minimum Gasteiger partial charge on any atom is -0.398 e. The van der Waals surface area contributed by atoms with Crippen molar-refractivity contribution in [1.82, 2.24) is 4.98 Å². The molecule has 0 spiro atoms. The van der Waals surface area contributed by atoms with Gasteiger partial charge in [-0.1, -0.05) is 29.3 Å². The molecule has 1 heterocycles. The standard InChI is InChI=1S/C14H13Cl2N3OS/c1-8-11(17)3-2-4-12(8)21-7-13(20)19-14-10(16)5-9(15)6-18-14/h2-6H,7,17H2,1H3,(H,18,19,20). The van der Waals surface area contributed by atoms with Crippen LogP contribution < -0.4 is 11.1 Å². The molecule has 0 bridgehead atoms. The van der Waals surface area contributed by atoms with Gasteiger partial charge < -0.3 is 11.1 Å². The Bertz CT molecular complexity index is 679. The predicted molar refractivity (Wildman–Crippen MR) is 89.2 cm³/mol. The van der Waals surface area contributed by atoms with Gasteiger partial charge in [-0.15, -0.1) is 11.8 Å². The van der Waals surface area contributed by atoms with Crippen LogP contribution in [0.3, 0.4) is 0 Å². The first kappa shape index (κ1) is 15.9. The molecule has 0 fully saturated rings. The lowest BCUT2D eigenvalue weighted by Gasteiger charge is -2.09. The lowest BCUT2D eigenvalue weighted by atomic mass is 10.2. The van der Waals surface area contributed by atoms with Crippen LogP contribution in [-0.2, 0) is 4.79 Å². The summed E-state index contributed by atoms with van der Waals surface area (Å²) in [6.07, 6.45) is 1.43. The summed E-state index contributed by atoms with van der Waals surface area (Å²) in [5.41, 5.74) is 7.51. The molecule has 21 heavy (non-hydrogen) atoms. The number of carbonyl (C=O) groups excluding carboxylic acids is 1. The first-order valence-corrected chi connectivity index (χ1v) is 7.80. The molecule has 2 aromatic rings. The molecule has 110 valence electrons. The van der Waals surface area contributed by atoms with Gasteiger partial charge in [-0.25, -0.2) is 4.98 Å². The van der Waals surface area contributed by atoms with Crippen molar-refractivity contribution in [3.63, 3.8) is 0 Å². The fourth-order valence-corrected chi connectivity index (χ4v) is 2.90. The van der Waals surface area contributed by atoms with Crippen molar-refractivity contribution < 1.29 is 4.79 Å². The van der Waals surface area contributed by atoms with Gasteiger partial charge in [-0.3, -0.25) is 4.79 Å². The number of halogens is 2. The van der Waals surface area contributed by atoms with Crippen molar-refractivity contribution in [3.05, 3.63) is 46.1 Å². The second kappa shape index (κ2) is 7.02. The van der Waals surface area contributed by atoms with Gasteiger partial charge in [0.15, 0.2) is 5.82 Å². The van der Waals surface area contributed by atoms with Crippen molar-refractivity contribution in [2.75, 3.05) is 16.8 Å². The van der Waals surface area contributed by atoms with Crippen LogP contribution in [0, 0.1) is 6.92 Å². The number of nitrogens with one attached hydrogen (secondary N) is 1. The topological polar surface area (TPSA) is 68.0 Å². The fourth-order valence-electron chi connectivity index (χ4n) is 1.61. The van der Waals surface area contributed by atoms with Crippen molar-refractivity contribution in [1.29, 1.82) is 0 Å². The molecule has 0 saturated carbocycles. The minimum atomic E-state index is -0.196. The van der Waals surface area contributed by atoms with E-state index in [1.165, 1.54) is 24.0 Å². The molecule has 0 aliphatic heterocycles. The second-order valence-electron chi connectivity index (χ2n) is 4.29. The number of nitrogen functional groups attached to an aromatic ring is 1. The highest BCUT2D eigenvalue weighted by Gasteiger charge is 2.10. The van der Waals surface area contributed by atoms with E-state index in [-0.39, 0.29) is 11.7 Å². The normalized spacial score (nSPS) is 10.4. The first-order chi connectivity index (χ1) is 9.97. The van der Waals surface area contributed by atoms with E-state index in [2.05, 4.69) is 10.3 Å². The molecule has 0 unspecified atom stereocenters. The Labute approximate surface area is 137 Å². The van der Waals surface area contributed by atoms with Crippen LogP contribution in [0.5, 0.6) is 0 Å². The molecular weight excluding hydrogens is 329 g/mol. The number of nitrogens with zero attached hydrogens (tertiary/aromatic N) is 1. The van der Waals surface area contributed by atoms with E-state index in [4.69, 9.17) is 28.9 Å². The molecule has 2 rings (SSSR count). The van der Waals surface area contributed by atoms with Gasteiger partial charge >= 0.3 is 0 Å². The van der Waals surface area contributed by atoms with E-state index in [1.807, 2.05) is 25.1 Å². The molecule has 0 radical (unpaired) electrons. The summed E-state index contributed by atoms with van der Waals surface area (Å²) in [6.45, 7) is 1.92. The molecule has 7 heteroatoms. The van der Waals surface area contributed by atoms with Crippen LogP contribution in [-0.4, -0.2) is 16.6 Å². The van der Waals surface area contributed by atoms with Crippen molar-refractivity contribution in [2.24, 2.45) is 0 Å². The number of amides is 1. The molecule has 1 amide bonds. The summed E-state index contributed by atoms with van der Waals surface area (Å²) < 4.78 is 0. The van der Waals surface area contributed by atoms with Gasteiger partial charge in [-0.2, -0.15) is 0 Å². The van der Waals surface area contributed by atoms with Crippen LogP contribution in [0.25, 0.3) is 0 Å². The maximum Gasteiger partial charge on any atom is 0.235 e. The first-order valence-electron chi connectivity index (χ1n) is 6.06. The third-order valence-corrected chi connectivity index (χ3v) is 4.41. The molecule has 0 saturated heterocycles. The third-order valence-electron chi connectivity index (χ3n) is 2.75. The molecule has 0 aliphatic rings. The van der Waals surface area contributed by atoms with E-state index in [1.54, 1.807) is 0 Å². The molecule has 3 N–H and O–H groups in total. The Morgan fingerprint density at radius 1 is 1.43 bits per heavy atom. The Balaban J connectivity index is 1.97. The highest BCUT2D eigenvalue weighted by Crippen LogP contribution is 2.27. The minimum absolute atomic E-state index is 0.196. The van der Waals surface area contributed by atoms with Gasteiger partial charge in [-0.05, 0) is 30.7 Å². The average Bonchev–Trinajstić information content (AvgIpc) is 2.43. The lowest BCUT2D eigenvalue weighted by molar-refractivity contribution is -0.113. The molecule has 0 atom stereocenters. The smallest absolute Gasteiger partial charge is 0.235 e. The number of anilines is 2. The number of nitrogens with two attached hydrogens (primary N) is 1. The van der Waals surface area contributed by atoms with E-state index >= 15 is 0 Å². The molecule has 1 aromatic carbocycles. The monoisotopic (exact) mass is 341 g/mol. The zero-order valence-electron chi connectivity index (χ0n) is 11.2. The third kappa shape index (κ3) is 4.27. The number of benzene rings is 1. The van der Waals surface area contributed by atoms with Gasteiger partial charge in [0.2, 0.25) is 5.91 Å². The Morgan fingerprint density at radius 2 is 2.19 bits per heavy atom. The number of rotatable bonds is 4. The number of thioether (sulfide) groups is 1. The van der Waals surface area contributed by atoms with Gasteiger partial charge in [0.05, 0.1) is 15.8 Å². The SMILES string of the molecule is Cc1c(N)cccc1SCC(=O)Nc1ncc(Cl)cc1Cl. The van der Waals surface area contributed by atoms with Crippen molar-refractivity contribution in [3.8, 4) is 0 Å². The lowest BCUT2D eigenvalue weighted by Crippen LogP contribution is -2.15. The molecule has 4 nitrogen and oxygen atoms in total. The summed E-state index contributed by atoms with van der Waals surface area (Å²) in [6, 6.07) is 7.15. The van der Waals surface area contributed by atoms with Crippen LogP contribution in [0.15, 0.2) is 35.4 Å². The highest BCUT2D eigenvalue weighted by molar-refractivity contribution is 8.00. The van der Waals surface area contributed by atoms with Crippen LogP contribution in [0.4, 0.5) is 11.5 Å². The summed E-state index contributed by atoms with van der Waals surface area (Å²) in [5.74, 6) is 0.347. The number of carbonyl (C=O) groups is 1. The summed E-state index contributed by atoms with van der Waals surface area (Å²) in [7, 11) is 0. The highest BCUT2D eigenvalue weighted by atomic mass is 35.5. The molecule has 0 aliphatic carbocycles. The Kier molecular flexibility index (Phi) is 5.33. The summed E-state index contributed by atoms with van der Waals surface area (Å²) in [4.78, 5) is 16.9. The van der Waals surface area contributed by atoms with Crippen LogP contribution in [0.1, 0.15) is 5.56 Å². The van der Waals surface area contributed by atoms with Crippen molar-refractivity contribution in [2.45, 2.75) is 11.8 Å². The van der Waals surface area contributed by atoms with E-state index in [0.717, 1.165) is 10.5 Å². The predicted octanol–water partition coefficient (Wildman–Crippen LogP) is 4.01. The largest absolute Gasteiger partial charge is 0.398 e. The second-order valence-corrected chi connectivity index (χ2v) is 6.15. The number of hydrogen-bond acceptors (Lipinski definition) is 4.